The topological polar surface area (TPSA) is 99.3 Å². The number of carbonyl (C=O) groups is 1. The van der Waals surface area contributed by atoms with Crippen molar-refractivity contribution in [2.75, 3.05) is 10.9 Å². The first-order valence-corrected chi connectivity index (χ1v) is 11.2. The Morgan fingerprint density at radius 3 is 2.60 bits per heavy atom. The maximum atomic E-state index is 13.9. The standard InChI is InChI=1S/C18H23F2N5O4S/c1-4-29-18(26)12-8-21-24-14(16(19)20)7-13(11-5-6-11)25(17(12)24)30(27,28)15-9-23(3)22-10(15)2/h8-9,11,13-14,16H,4-7H2,1-3H3. The van der Waals surface area contributed by atoms with Crippen molar-refractivity contribution in [3.63, 3.8) is 0 Å². The average Bonchev–Trinajstić information content (AvgIpc) is 3.33. The zero-order valence-corrected chi connectivity index (χ0v) is 17.6. The van der Waals surface area contributed by atoms with Crippen molar-refractivity contribution in [1.82, 2.24) is 19.6 Å². The Kier molecular flexibility index (Phi) is 5.07. The molecular weight excluding hydrogens is 420 g/mol. The van der Waals surface area contributed by atoms with Crippen LogP contribution in [0.1, 0.15) is 48.3 Å². The van der Waals surface area contributed by atoms with Crippen LogP contribution in [0.15, 0.2) is 17.3 Å². The summed E-state index contributed by atoms with van der Waals surface area (Å²) in [6.07, 6.45) is 1.11. The summed E-state index contributed by atoms with van der Waals surface area (Å²) in [4.78, 5) is 12.5. The molecule has 0 radical (unpaired) electrons. The van der Waals surface area contributed by atoms with Gasteiger partial charge in [-0.05, 0) is 39.0 Å². The maximum absolute atomic E-state index is 13.9. The number of ether oxygens (including phenoxy) is 1. The highest BCUT2D eigenvalue weighted by Gasteiger charge is 2.51. The van der Waals surface area contributed by atoms with Crippen molar-refractivity contribution in [3.05, 3.63) is 23.7 Å². The molecule has 9 nitrogen and oxygen atoms in total. The lowest BCUT2D eigenvalue weighted by Crippen LogP contribution is -2.49. The van der Waals surface area contributed by atoms with Crippen molar-refractivity contribution in [3.8, 4) is 0 Å². The second-order valence-electron chi connectivity index (χ2n) is 7.64. The van der Waals surface area contributed by atoms with Crippen LogP contribution in [-0.4, -0.2) is 53.0 Å². The zero-order valence-electron chi connectivity index (χ0n) is 16.8. The zero-order chi connectivity index (χ0) is 21.8. The summed E-state index contributed by atoms with van der Waals surface area (Å²) in [6.45, 7) is 3.23. The molecule has 1 saturated carbocycles. The van der Waals surface area contributed by atoms with Gasteiger partial charge in [-0.25, -0.2) is 31.0 Å². The van der Waals surface area contributed by atoms with Gasteiger partial charge in [0.1, 0.15) is 16.5 Å². The van der Waals surface area contributed by atoms with Crippen molar-refractivity contribution >= 4 is 21.8 Å². The van der Waals surface area contributed by atoms with Crippen LogP contribution in [0.25, 0.3) is 0 Å². The molecule has 30 heavy (non-hydrogen) atoms. The van der Waals surface area contributed by atoms with E-state index >= 15 is 0 Å². The predicted octanol–water partition coefficient (Wildman–Crippen LogP) is 2.29. The molecule has 0 bridgehead atoms. The number of fused-ring (bicyclic) bond motifs is 1. The minimum absolute atomic E-state index is 0.0336. The van der Waals surface area contributed by atoms with Crippen molar-refractivity contribution in [2.45, 2.75) is 56.5 Å². The lowest BCUT2D eigenvalue weighted by Gasteiger charge is -2.40. The average molecular weight is 443 g/mol. The normalized spacial score (nSPS) is 21.7. The number of halogens is 2. The molecule has 1 fully saturated rings. The van der Waals surface area contributed by atoms with Crippen molar-refractivity contribution < 1.29 is 26.7 Å². The molecule has 2 atom stereocenters. The van der Waals surface area contributed by atoms with Gasteiger partial charge in [0.05, 0.1) is 24.5 Å². The van der Waals surface area contributed by atoms with E-state index in [1.54, 1.807) is 20.9 Å². The van der Waals surface area contributed by atoms with Crippen LogP contribution in [-0.2, 0) is 21.8 Å². The third kappa shape index (κ3) is 3.26. The molecule has 164 valence electrons. The molecule has 2 aromatic heterocycles. The molecule has 1 aliphatic heterocycles. The molecular formula is C18H23F2N5O4S. The number of rotatable bonds is 6. The Morgan fingerprint density at radius 1 is 1.37 bits per heavy atom. The summed E-state index contributed by atoms with van der Waals surface area (Å²) in [5.74, 6) is -1.02. The smallest absolute Gasteiger partial charge is 0.343 e. The number of aromatic nitrogens is 4. The molecule has 0 spiro atoms. The molecule has 2 aromatic rings. The number of aryl methyl sites for hydroxylation is 2. The Bertz CT molecular complexity index is 1080. The highest BCUT2D eigenvalue weighted by Crippen LogP contribution is 2.48. The van der Waals surface area contributed by atoms with Gasteiger partial charge in [-0.2, -0.15) is 10.2 Å². The molecule has 2 unspecified atom stereocenters. The first kappa shape index (κ1) is 20.8. The molecule has 3 heterocycles. The maximum Gasteiger partial charge on any atom is 0.343 e. The monoisotopic (exact) mass is 443 g/mol. The molecule has 0 aromatic carbocycles. The van der Waals surface area contributed by atoms with Gasteiger partial charge < -0.3 is 4.74 Å². The number of nitrogens with zero attached hydrogens (tertiary/aromatic N) is 5. The largest absolute Gasteiger partial charge is 0.462 e. The van der Waals surface area contributed by atoms with Crippen LogP contribution in [0.5, 0.6) is 0 Å². The first-order valence-electron chi connectivity index (χ1n) is 9.74. The fourth-order valence-corrected chi connectivity index (χ4v) is 6.01. The van der Waals surface area contributed by atoms with E-state index in [-0.39, 0.29) is 40.9 Å². The van der Waals surface area contributed by atoms with Gasteiger partial charge in [-0.1, -0.05) is 0 Å². The van der Waals surface area contributed by atoms with E-state index in [1.165, 1.54) is 10.9 Å². The Morgan fingerprint density at radius 2 is 2.07 bits per heavy atom. The highest BCUT2D eigenvalue weighted by atomic mass is 32.2. The van der Waals surface area contributed by atoms with Crippen LogP contribution < -0.4 is 4.31 Å². The molecule has 0 N–H and O–H groups in total. The van der Waals surface area contributed by atoms with Gasteiger partial charge in [-0.3, -0.25) is 4.68 Å². The fourth-order valence-electron chi connectivity index (χ4n) is 4.07. The van der Waals surface area contributed by atoms with E-state index < -0.39 is 34.5 Å². The van der Waals surface area contributed by atoms with E-state index in [4.69, 9.17) is 4.74 Å². The van der Waals surface area contributed by atoms with Crippen LogP contribution in [0.4, 0.5) is 14.6 Å². The third-order valence-electron chi connectivity index (χ3n) is 5.53. The van der Waals surface area contributed by atoms with E-state index in [1.807, 2.05) is 0 Å². The van der Waals surface area contributed by atoms with Gasteiger partial charge in [0.15, 0.2) is 5.82 Å². The number of sulfonamides is 1. The van der Waals surface area contributed by atoms with Crippen LogP contribution in [0, 0.1) is 12.8 Å². The summed E-state index contributed by atoms with van der Waals surface area (Å²) < 4.78 is 63.7. The SMILES string of the molecule is CCOC(=O)c1cnn2c1N(S(=O)(=O)c1cn(C)nc1C)C(C1CC1)CC2C(F)F. The van der Waals surface area contributed by atoms with Gasteiger partial charge in [0, 0.05) is 13.2 Å². The van der Waals surface area contributed by atoms with Crippen molar-refractivity contribution in [1.29, 1.82) is 0 Å². The van der Waals surface area contributed by atoms with Gasteiger partial charge in [0.2, 0.25) is 0 Å². The third-order valence-corrected chi connectivity index (χ3v) is 7.45. The predicted molar refractivity (Wildman–Crippen MR) is 102 cm³/mol. The van der Waals surface area contributed by atoms with Gasteiger partial charge in [0.25, 0.3) is 16.4 Å². The van der Waals surface area contributed by atoms with Gasteiger partial charge >= 0.3 is 5.97 Å². The Hall–Kier alpha value is -2.50. The van der Waals surface area contributed by atoms with Crippen molar-refractivity contribution in [2.24, 2.45) is 13.0 Å². The minimum atomic E-state index is -4.19. The summed E-state index contributed by atoms with van der Waals surface area (Å²) in [5, 5.41) is 8.08. The molecule has 0 amide bonds. The summed E-state index contributed by atoms with van der Waals surface area (Å²) in [6, 6.07) is -2.03. The molecule has 12 heteroatoms. The second kappa shape index (κ2) is 7.33. The second-order valence-corrected chi connectivity index (χ2v) is 9.43. The quantitative estimate of drug-likeness (QED) is 0.635. The summed E-state index contributed by atoms with van der Waals surface area (Å²) >= 11 is 0. The lowest BCUT2D eigenvalue weighted by molar-refractivity contribution is 0.0518. The molecule has 0 saturated heterocycles. The number of alkyl halides is 2. The molecule has 4 rings (SSSR count). The highest BCUT2D eigenvalue weighted by molar-refractivity contribution is 7.93. The number of esters is 1. The van der Waals surface area contributed by atoms with Crippen LogP contribution in [0.3, 0.4) is 0 Å². The van der Waals surface area contributed by atoms with E-state index in [2.05, 4.69) is 10.2 Å². The minimum Gasteiger partial charge on any atom is -0.462 e. The molecule has 1 aliphatic carbocycles. The lowest BCUT2D eigenvalue weighted by atomic mass is 10.00. The Balaban J connectivity index is 1.94. The van der Waals surface area contributed by atoms with Crippen LogP contribution in [0.2, 0.25) is 0 Å². The fraction of sp³-hybridized carbons (Fsp3) is 0.611. The van der Waals surface area contributed by atoms with E-state index in [0.717, 1.165) is 28.0 Å². The molecule has 2 aliphatic rings. The number of hydrogen-bond donors (Lipinski definition) is 0. The summed E-state index contributed by atoms with van der Waals surface area (Å²) in [5.41, 5.74) is 0.143. The Labute approximate surface area is 172 Å². The number of carbonyl (C=O) groups excluding carboxylic acids is 1. The van der Waals surface area contributed by atoms with Gasteiger partial charge in [-0.15, -0.1) is 0 Å². The van der Waals surface area contributed by atoms with Crippen LogP contribution >= 0.6 is 0 Å². The van der Waals surface area contributed by atoms with E-state index in [0.29, 0.717) is 0 Å². The summed E-state index contributed by atoms with van der Waals surface area (Å²) in [7, 11) is -2.59. The van der Waals surface area contributed by atoms with E-state index in [9.17, 15) is 22.0 Å². The first-order chi connectivity index (χ1) is 14.2. The number of hydrogen-bond acceptors (Lipinski definition) is 6. The number of anilines is 1.